The van der Waals surface area contributed by atoms with Crippen LogP contribution >= 0.6 is 0 Å². The Bertz CT molecular complexity index is 773. The third-order valence-electron chi connectivity index (χ3n) is 6.00. The van der Waals surface area contributed by atoms with Crippen LogP contribution in [0.25, 0.3) is 0 Å². The highest BCUT2D eigenvalue weighted by Crippen LogP contribution is 2.37. The van der Waals surface area contributed by atoms with E-state index in [0.29, 0.717) is 23.7 Å². The zero-order valence-corrected chi connectivity index (χ0v) is 16.0. The minimum absolute atomic E-state index is 0.0300. The number of ether oxygens (including phenoxy) is 1. The number of nitrogens with one attached hydrogen (secondary N) is 2. The molecule has 1 aromatic carbocycles. The normalized spacial score (nSPS) is 21.5. The molecule has 2 amide bonds. The van der Waals surface area contributed by atoms with Gasteiger partial charge in [-0.3, -0.25) is 9.59 Å². The van der Waals surface area contributed by atoms with Crippen molar-refractivity contribution in [1.29, 1.82) is 0 Å². The standard InChI is InChI=1S/C21H27N3O4/c25-19(22-12-14-5-2-1-3-6-14)13-28-21(27)15-8-9-17-16(11-15)23-20(26)18-7-4-10-24(17)18/h8-9,11,14,18H,1-7,10,12-13H2,(H,22,25)(H,23,26)/t18-/m1/s1. The van der Waals surface area contributed by atoms with Gasteiger partial charge in [-0.05, 0) is 49.8 Å². The first-order valence-corrected chi connectivity index (χ1v) is 10.3. The largest absolute Gasteiger partial charge is 0.452 e. The zero-order chi connectivity index (χ0) is 19.5. The van der Waals surface area contributed by atoms with E-state index in [1.165, 1.54) is 19.3 Å². The average molecular weight is 385 g/mol. The molecule has 7 nitrogen and oxygen atoms in total. The lowest BCUT2D eigenvalue weighted by Gasteiger charge is -2.33. The van der Waals surface area contributed by atoms with Crippen LogP contribution in [-0.4, -0.2) is 43.5 Å². The van der Waals surface area contributed by atoms with Crippen LogP contribution in [0.15, 0.2) is 18.2 Å². The molecular weight excluding hydrogens is 358 g/mol. The highest BCUT2D eigenvalue weighted by atomic mass is 16.5. The molecular formula is C21H27N3O4. The summed E-state index contributed by atoms with van der Waals surface area (Å²) in [5, 5.41) is 5.74. The molecule has 3 aliphatic rings. The number of fused-ring (bicyclic) bond motifs is 3. The molecule has 4 rings (SSSR count). The topological polar surface area (TPSA) is 87.7 Å². The molecule has 1 aromatic rings. The number of esters is 1. The molecule has 7 heteroatoms. The number of nitrogens with zero attached hydrogens (tertiary/aromatic N) is 1. The molecule has 0 bridgehead atoms. The second-order valence-electron chi connectivity index (χ2n) is 7.96. The van der Waals surface area contributed by atoms with E-state index in [-0.39, 0.29) is 24.5 Å². The van der Waals surface area contributed by atoms with E-state index >= 15 is 0 Å². The van der Waals surface area contributed by atoms with E-state index < -0.39 is 5.97 Å². The maximum Gasteiger partial charge on any atom is 0.338 e. The number of hydrogen-bond donors (Lipinski definition) is 2. The first kappa shape index (κ1) is 18.8. The lowest BCUT2D eigenvalue weighted by Crippen LogP contribution is -2.43. The van der Waals surface area contributed by atoms with Crippen molar-refractivity contribution in [2.45, 2.75) is 51.0 Å². The van der Waals surface area contributed by atoms with Crippen LogP contribution in [0.1, 0.15) is 55.3 Å². The van der Waals surface area contributed by atoms with Crippen molar-refractivity contribution in [2.75, 3.05) is 29.9 Å². The Morgan fingerprint density at radius 1 is 1.14 bits per heavy atom. The van der Waals surface area contributed by atoms with Crippen LogP contribution in [0.4, 0.5) is 11.4 Å². The van der Waals surface area contributed by atoms with Gasteiger partial charge in [-0.15, -0.1) is 0 Å². The Morgan fingerprint density at radius 3 is 2.79 bits per heavy atom. The smallest absolute Gasteiger partial charge is 0.338 e. The van der Waals surface area contributed by atoms with Gasteiger partial charge >= 0.3 is 5.97 Å². The van der Waals surface area contributed by atoms with E-state index in [1.807, 2.05) is 6.07 Å². The first-order chi connectivity index (χ1) is 13.6. The molecule has 2 heterocycles. The average Bonchev–Trinajstić information content (AvgIpc) is 3.22. The fourth-order valence-electron chi connectivity index (χ4n) is 4.47. The predicted molar refractivity (Wildman–Crippen MR) is 105 cm³/mol. The Morgan fingerprint density at radius 2 is 1.96 bits per heavy atom. The van der Waals surface area contributed by atoms with Crippen molar-refractivity contribution in [3.05, 3.63) is 23.8 Å². The third kappa shape index (κ3) is 3.98. The molecule has 1 atom stereocenters. The van der Waals surface area contributed by atoms with Crippen molar-refractivity contribution < 1.29 is 19.1 Å². The van der Waals surface area contributed by atoms with E-state index in [2.05, 4.69) is 15.5 Å². The van der Waals surface area contributed by atoms with Crippen LogP contribution in [0.5, 0.6) is 0 Å². The van der Waals surface area contributed by atoms with Crippen molar-refractivity contribution in [2.24, 2.45) is 5.92 Å². The Balaban J connectivity index is 1.31. The van der Waals surface area contributed by atoms with E-state index in [0.717, 1.165) is 37.9 Å². The molecule has 0 radical (unpaired) electrons. The first-order valence-electron chi connectivity index (χ1n) is 10.3. The number of carbonyl (C=O) groups is 3. The molecule has 0 unspecified atom stereocenters. The molecule has 28 heavy (non-hydrogen) atoms. The minimum Gasteiger partial charge on any atom is -0.452 e. The maximum absolute atomic E-state index is 12.3. The third-order valence-corrected chi connectivity index (χ3v) is 6.00. The lowest BCUT2D eigenvalue weighted by atomic mass is 9.89. The van der Waals surface area contributed by atoms with Gasteiger partial charge < -0.3 is 20.3 Å². The molecule has 0 spiro atoms. The van der Waals surface area contributed by atoms with E-state index in [9.17, 15) is 14.4 Å². The molecule has 1 saturated heterocycles. The summed E-state index contributed by atoms with van der Waals surface area (Å²) in [7, 11) is 0. The van der Waals surface area contributed by atoms with Crippen LogP contribution in [0, 0.1) is 5.92 Å². The molecule has 150 valence electrons. The van der Waals surface area contributed by atoms with Crippen LogP contribution < -0.4 is 15.5 Å². The van der Waals surface area contributed by atoms with Crippen molar-refractivity contribution >= 4 is 29.2 Å². The second kappa shape index (κ2) is 8.20. The second-order valence-corrected chi connectivity index (χ2v) is 7.96. The van der Waals surface area contributed by atoms with Crippen molar-refractivity contribution in [3.63, 3.8) is 0 Å². The fourth-order valence-corrected chi connectivity index (χ4v) is 4.47. The summed E-state index contributed by atoms with van der Waals surface area (Å²) in [5.41, 5.74) is 1.89. The number of carbonyl (C=O) groups excluding carboxylic acids is 3. The van der Waals surface area contributed by atoms with Crippen LogP contribution in [0.3, 0.4) is 0 Å². The Labute approximate surface area is 164 Å². The summed E-state index contributed by atoms with van der Waals surface area (Å²) in [6.45, 7) is 1.21. The molecule has 2 aliphatic heterocycles. The molecule has 1 saturated carbocycles. The summed E-state index contributed by atoms with van der Waals surface area (Å²) in [6, 6.07) is 5.04. The molecule has 0 aromatic heterocycles. The predicted octanol–water partition coefficient (Wildman–Crippen LogP) is 2.46. The van der Waals surface area contributed by atoms with Gasteiger partial charge in [0.15, 0.2) is 6.61 Å². The van der Waals surface area contributed by atoms with E-state index in [4.69, 9.17) is 4.74 Å². The number of rotatable bonds is 5. The molecule has 2 N–H and O–H groups in total. The summed E-state index contributed by atoms with van der Waals surface area (Å²) in [6.07, 6.45) is 7.87. The summed E-state index contributed by atoms with van der Waals surface area (Å²) < 4.78 is 5.16. The SMILES string of the molecule is O=C(COC(=O)c1ccc2c(c1)NC(=O)[C@H]1CCCN21)NCC1CCCCC1. The maximum atomic E-state index is 12.3. The fraction of sp³-hybridized carbons (Fsp3) is 0.571. The van der Waals surface area contributed by atoms with Gasteiger partial charge in [-0.25, -0.2) is 4.79 Å². The van der Waals surface area contributed by atoms with Gasteiger partial charge in [0.2, 0.25) is 5.91 Å². The monoisotopic (exact) mass is 385 g/mol. The van der Waals surface area contributed by atoms with Gasteiger partial charge in [-0.2, -0.15) is 0 Å². The summed E-state index contributed by atoms with van der Waals surface area (Å²) in [4.78, 5) is 38.6. The Kier molecular flexibility index (Phi) is 5.50. The van der Waals surface area contributed by atoms with Crippen LogP contribution in [-0.2, 0) is 14.3 Å². The van der Waals surface area contributed by atoms with Gasteiger partial charge in [0.1, 0.15) is 6.04 Å². The highest BCUT2D eigenvalue weighted by Gasteiger charge is 2.36. The minimum atomic E-state index is -0.562. The lowest BCUT2D eigenvalue weighted by molar-refractivity contribution is -0.124. The summed E-state index contributed by atoms with van der Waals surface area (Å²) >= 11 is 0. The van der Waals surface area contributed by atoms with Crippen molar-refractivity contribution in [1.82, 2.24) is 5.32 Å². The highest BCUT2D eigenvalue weighted by molar-refractivity contribution is 6.05. The van der Waals surface area contributed by atoms with E-state index in [1.54, 1.807) is 12.1 Å². The zero-order valence-electron chi connectivity index (χ0n) is 16.0. The van der Waals surface area contributed by atoms with Crippen molar-refractivity contribution in [3.8, 4) is 0 Å². The molecule has 2 fully saturated rings. The van der Waals surface area contributed by atoms with Gasteiger partial charge in [0.05, 0.1) is 16.9 Å². The quantitative estimate of drug-likeness (QED) is 0.760. The van der Waals surface area contributed by atoms with Crippen LogP contribution in [0.2, 0.25) is 0 Å². The van der Waals surface area contributed by atoms with Gasteiger partial charge in [0.25, 0.3) is 5.91 Å². The van der Waals surface area contributed by atoms with Gasteiger partial charge in [-0.1, -0.05) is 19.3 Å². The van der Waals surface area contributed by atoms with Gasteiger partial charge in [0, 0.05) is 13.1 Å². The number of amides is 2. The summed E-state index contributed by atoms with van der Waals surface area (Å²) in [5.74, 6) is -0.330. The Hall–Kier alpha value is -2.57. The number of benzene rings is 1. The molecule has 1 aliphatic carbocycles. The number of anilines is 2. The number of hydrogen-bond acceptors (Lipinski definition) is 5.